The maximum atomic E-state index is 12.1. The zero-order chi connectivity index (χ0) is 15.3. The van der Waals surface area contributed by atoms with Gasteiger partial charge in [0.15, 0.2) is 0 Å². The van der Waals surface area contributed by atoms with E-state index in [0.717, 1.165) is 5.01 Å². The molecule has 110 valence electrons. The molecule has 0 heterocycles. The van der Waals surface area contributed by atoms with Gasteiger partial charge in [0.1, 0.15) is 11.4 Å². The average Bonchev–Trinajstić information content (AvgIpc) is 2.35. The molecule has 1 aromatic carbocycles. The van der Waals surface area contributed by atoms with Crippen molar-refractivity contribution in [2.45, 2.75) is 26.4 Å². The third kappa shape index (κ3) is 4.79. The van der Waals surface area contributed by atoms with Crippen LogP contribution in [0.4, 0.5) is 4.79 Å². The minimum Gasteiger partial charge on any atom is -0.497 e. The summed E-state index contributed by atoms with van der Waals surface area (Å²) >= 11 is 0. The molecule has 0 aliphatic carbocycles. The molecule has 0 spiro atoms. The minimum atomic E-state index is -0.684. The number of hydrogen-bond donors (Lipinski definition) is 1. The second kappa shape index (κ2) is 6.27. The molecule has 0 saturated carbocycles. The van der Waals surface area contributed by atoms with Gasteiger partial charge in [-0.3, -0.25) is 9.80 Å². The number of amides is 2. The van der Waals surface area contributed by atoms with Gasteiger partial charge < -0.3 is 9.47 Å². The molecule has 0 aromatic heterocycles. The quantitative estimate of drug-likeness (QED) is 0.843. The first kappa shape index (κ1) is 15.8. The summed E-state index contributed by atoms with van der Waals surface area (Å²) in [5, 5.41) is 1.07. The number of carbonyl (C=O) groups excluding carboxylic acids is 2. The van der Waals surface area contributed by atoms with Crippen molar-refractivity contribution in [3.63, 3.8) is 0 Å². The highest BCUT2D eigenvalue weighted by molar-refractivity contribution is 5.95. The first-order chi connectivity index (χ1) is 9.23. The van der Waals surface area contributed by atoms with Crippen molar-refractivity contribution in [1.29, 1.82) is 0 Å². The van der Waals surface area contributed by atoms with E-state index in [1.165, 1.54) is 14.2 Å². The van der Waals surface area contributed by atoms with Gasteiger partial charge in [0.05, 0.1) is 7.11 Å². The van der Waals surface area contributed by atoms with Crippen molar-refractivity contribution in [1.82, 2.24) is 10.4 Å². The van der Waals surface area contributed by atoms with E-state index in [4.69, 9.17) is 9.47 Å². The molecule has 0 saturated heterocycles. The second-order valence-corrected chi connectivity index (χ2v) is 5.21. The topological polar surface area (TPSA) is 67.9 Å². The highest BCUT2D eigenvalue weighted by Gasteiger charge is 2.20. The number of carbonyl (C=O) groups is 2. The van der Waals surface area contributed by atoms with Crippen LogP contribution in [0.15, 0.2) is 24.3 Å². The van der Waals surface area contributed by atoms with Crippen molar-refractivity contribution in [3.8, 4) is 5.75 Å². The number of rotatable bonds is 2. The van der Waals surface area contributed by atoms with Gasteiger partial charge in [-0.2, -0.15) is 0 Å². The van der Waals surface area contributed by atoms with Crippen LogP contribution < -0.4 is 10.2 Å². The van der Waals surface area contributed by atoms with E-state index in [1.807, 2.05) is 0 Å². The van der Waals surface area contributed by atoms with Gasteiger partial charge in [-0.1, -0.05) is 6.07 Å². The highest BCUT2D eigenvalue weighted by atomic mass is 16.6. The lowest BCUT2D eigenvalue weighted by Crippen LogP contribution is -2.45. The van der Waals surface area contributed by atoms with Crippen LogP contribution in [0.3, 0.4) is 0 Å². The molecule has 0 fully saturated rings. The van der Waals surface area contributed by atoms with Crippen molar-refractivity contribution in [3.05, 3.63) is 29.8 Å². The van der Waals surface area contributed by atoms with Crippen molar-refractivity contribution in [2.24, 2.45) is 0 Å². The highest BCUT2D eigenvalue weighted by Crippen LogP contribution is 2.13. The van der Waals surface area contributed by atoms with Crippen LogP contribution in [0.25, 0.3) is 0 Å². The Kier molecular flexibility index (Phi) is 4.96. The summed E-state index contributed by atoms with van der Waals surface area (Å²) in [7, 11) is 2.97. The smallest absolute Gasteiger partial charge is 0.426 e. The van der Waals surface area contributed by atoms with Crippen LogP contribution in [0.2, 0.25) is 0 Å². The van der Waals surface area contributed by atoms with Gasteiger partial charge in [0.2, 0.25) is 0 Å². The molecule has 1 N–H and O–H groups in total. The Bertz CT molecular complexity index is 494. The molecule has 6 nitrogen and oxygen atoms in total. The number of methoxy groups -OCH3 is 1. The lowest BCUT2D eigenvalue weighted by Gasteiger charge is -2.23. The van der Waals surface area contributed by atoms with Crippen LogP contribution in [-0.4, -0.2) is 36.8 Å². The van der Waals surface area contributed by atoms with Gasteiger partial charge in [0, 0.05) is 12.6 Å². The van der Waals surface area contributed by atoms with Crippen LogP contribution in [0.5, 0.6) is 5.75 Å². The Morgan fingerprint density at radius 3 is 2.45 bits per heavy atom. The molecular formula is C14H20N2O4. The van der Waals surface area contributed by atoms with E-state index in [1.54, 1.807) is 45.0 Å². The fraction of sp³-hybridized carbons (Fsp3) is 0.429. The molecule has 2 amide bonds. The Morgan fingerprint density at radius 2 is 1.90 bits per heavy atom. The summed E-state index contributed by atoms with van der Waals surface area (Å²) in [6.45, 7) is 5.24. The maximum absolute atomic E-state index is 12.1. The molecule has 0 bridgehead atoms. The number of benzene rings is 1. The number of hydrazine groups is 1. The van der Waals surface area contributed by atoms with Crippen LogP contribution in [0, 0.1) is 0 Å². The predicted molar refractivity (Wildman–Crippen MR) is 74.5 cm³/mol. The lowest BCUT2D eigenvalue weighted by atomic mass is 10.2. The largest absolute Gasteiger partial charge is 0.497 e. The van der Waals surface area contributed by atoms with E-state index < -0.39 is 11.7 Å². The summed E-state index contributed by atoms with van der Waals surface area (Å²) < 4.78 is 10.1. The van der Waals surface area contributed by atoms with E-state index in [2.05, 4.69) is 5.43 Å². The monoisotopic (exact) mass is 280 g/mol. The molecule has 0 radical (unpaired) electrons. The Balaban J connectivity index is 2.69. The molecule has 20 heavy (non-hydrogen) atoms. The van der Waals surface area contributed by atoms with Crippen LogP contribution >= 0.6 is 0 Å². The molecule has 1 aromatic rings. The lowest BCUT2D eigenvalue weighted by molar-refractivity contribution is 0.0334. The predicted octanol–water partition coefficient (Wildman–Crippen LogP) is 2.21. The first-order valence-corrected chi connectivity index (χ1v) is 6.14. The summed E-state index contributed by atoms with van der Waals surface area (Å²) in [5.41, 5.74) is 2.14. The summed E-state index contributed by atoms with van der Waals surface area (Å²) in [5.74, 6) is 0.205. The van der Waals surface area contributed by atoms with E-state index >= 15 is 0 Å². The Morgan fingerprint density at radius 1 is 1.25 bits per heavy atom. The fourth-order valence-electron chi connectivity index (χ4n) is 1.44. The standard InChI is InChI=1S/C14H20N2O4/c1-14(2,3)20-13(18)15-16(4)12(17)10-7-6-8-11(9-10)19-5/h6-9H,1-5H3,(H,15,18). The number of ether oxygens (including phenoxy) is 2. The normalized spacial score (nSPS) is 10.7. The van der Waals surface area contributed by atoms with Crippen molar-refractivity contribution in [2.75, 3.05) is 14.2 Å². The molecule has 1 rings (SSSR count). The third-order valence-corrected chi connectivity index (χ3v) is 2.28. The van der Waals surface area contributed by atoms with Gasteiger partial charge >= 0.3 is 6.09 Å². The van der Waals surface area contributed by atoms with Crippen molar-refractivity contribution < 1.29 is 19.1 Å². The van der Waals surface area contributed by atoms with Crippen molar-refractivity contribution >= 4 is 12.0 Å². The summed E-state index contributed by atoms with van der Waals surface area (Å²) in [4.78, 5) is 23.7. The minimum absolute atomic E-state index is 0.366. The first-order valence-electron chi connectivity index (χ1n) is 6.14. The third-order valence-electron chi connectivity index (χ3n) is 2.28. The summed E-state index contributed by atoms with van der Waals surface area (Å²) in [6.07, 6.45) is -0.684. The second-order valence-electron chi connectivity index (χ2n) is 5.21. The number of nitrogens with one attached hydrogen (secondary N) is 1. The molecule has 0 aliphatic rings. The molecule has 0 unspecified atom stereocenters. The van der Waals surface area contributed by atoms with Crippen LogP contribution in [-0.2, 0) is 4.74 Å². The summed E-state index contributed by atoms with van der Waals surface area (Å²) in [6, 6.07) is 6.67. The Labute approximate surface area is 118 Å². The van der Waals surface area contributed by atoms with Gasteiger partial charge in [-0.15, -0.1) is 0 Å². The zero-order valence-corrected chi connectivity index (χ0v) is 12.4. The number of hydrogen-bond acceptors (Lipinski definition) is 4. The van der Waals surface area contributed by atoms with E-state index in [-0.39, 0.29) is 5.91 Å². The van der Waals surface area contributed by atoms with Gasteiger partial charge in [-0.05, 0) is 39.0 Å². The molecule has 6 heteroatoms. The SMILES string of the molecule is COc1cccc(C(=O)N(C)NC(=O)OC(C)(C)C)c1. The van der Waals surface area contributed by atoms with Gasteiger partial charge in [0.25, 0.3) is 5.91 Å². The Hall–Kier alpha value is -2.24. The van der Waals surface area contributed by atoms with E-state index in [0.29, 0.717) is 11.3 Å². The van der Waals surface area contributed by atoms with Gasteiger partial charge in [-0.25, -0.2) is 10.2 Å². The molecular weight excluding hydrogens is 260 g/mol. The molecule has 0 atom stereocenters. The fourth-order valence-corrected chi connectivity index (χ4v) is 1.44. The number of nitrogens with zero attached hydrogens (tertiary/aromatic N) is 1. The van der Waals surface area contributed by atoms with E-state index in [9.17, 15) is 9.59 Å². The molecule has 0 aliphatic heterocycles. The maximum Gasteiger partial charge on any atom is 0.426 e. The van der Waals surface area contributed by atoms with Crippen LogP contribution in [0.1, 0.15) is 31.1 Å². The average molecular weight is 280 g/mol. The zero-order valence-electron chi connectivity index (χ0n) is 12.4.